The number of nitrogens with zero attached hydrogens (tertiary/aromatic N) is 1. The second-order valence-electron chi connectivity index (χ2n) is 7.56. The van der Waals surface area contributed by atoms with Crippen molar-refractivity contribution in [1.82, 2.24) is 15.5 Å². The topological polar surface area (TPSA) is 61.4 Å². The van der Waals surface area contributed by atoms with Crippen molar-refractivity contribution >= 4 is 11.8 Å². The van der Waals surface area contributed by atoms with Gasteiger partial charge in [0, 0.05) is 38.2 Å². The average Bonchev–Trinajstić information content (AvgIpc) is 3.26. The number of amides is 2. The van der Waals surface area contributed by atoms with Gasteiger partial charge >= 0.3 is 0 Å². The van der Waals surface area contributed by atoms with Crippen molar-refractivity contribution in [1.29, 1.82) is 0 Å². The molecule has 24 heavy (non-hydrogen) atoms. The van der Waals surface area contributed by atoms with Crippen LogP contribution in [0, 0.1) is 5.41 Å². The molecule has 0 saturated carbocycles. The summed E-state index contributed by atoms with van der Waals surface area (Å²) in [5.41, 5.74) is 2.19. The molecule has 3 heterocycles. The molecule has 0 aromatic heterocycles. The van der Waals surface area contributed by atoms with Crippen LogP contribution in [0.2, 0.25) is 0 Å². The number of piperidine rings is 1. The summed E-state index contributed by atoms with van der Waals surface area (Å²) in [6.45, 7) is 4.40. The van der Waals surface area contributed by atoms with Crippen molar-refractivity contribution < 1.29 is 9.59 Å². The minimum absolute atomic E-state index is 0.0905. The van der Waals surface area contributed by atoms with E-state index in [0.29, 0.717) is 12.3 Å². The number of likely N-dealkylation sites (tertiary alicyclic amines) is 1. The highest BCUT2D eigenvalue weighted by atomic mass is 16.2. The highest BCUT2D eigenvalue weighted by molar-refractivity contribution is 5.94. The van der Waals surface area contributed by atoms with Crippen LogP contribution in [0.5, 0.6) is 0 Å². The van der Waals surface area contributed by atoms with E-state index in [4.69, 9.17) is 0 Å². The van der Waals surface area contributed by atoms with Gasteiger partial charge in [-0.05, 0) is 54.8 Å². The Kier molecular flexibility index (Phi) is 4.04. The van der Waals surface area contributed by atoms with Gasteiger partial charge in [0.15, 0.2) is 0 Å². The van der Waals surface area contributed by atoms with Crippen molar-refractivity contribution in [2.75, 3.05) is 32.7 Å². The molecular formula is C19H25N3O2. The molecule has 4 rings (SSSR count). The largest absolute Gasteiger partial charge is 0.356 e. The summed E-state index contributed by atoms with van der Waals surface area (Å²) in [5.74, 6) is 0.862. The lowest BCUT2D eigenvalue weighted by molar-refractivity contribution is -0.119. The van der Waals surface area contributed by atoms with Crippen molar-refractivity contribution in [3.8, 4) is 0 Å². The number of rotatable bonds is 2. The third-order valence-corrected chi connectivity index (χ3v) is 6.00. The number of hydrogen-bond acceptors (Lipinski definition) is 3. The molecule has 2 N–H and O–H groups in total. The Morgan fingerprint density at radius 3 is 2.50 bits per heavy atom. The molecule has 1 spiro atoms. The van der Waals surface area contributed by atoms with Crippen molar-refractivity contribution in [3.05, 3.63) is 35.4 Å². The Labute approximate surface area is 142 Å². The first-order valence-electron chi connectivity index (χ1n) is 9.02. The molecule has 2 amide bonds. The fraction of sp³-hybridized carbons (Fsp3) is 0.579. The summed E-state index contributed by atoms with van der Waals surface area (Å²) in [5, 5.41) is 6.32. The predicted octanol–water partition coefficient (Wildman–Crippen LogP) is 1.51. The third-order valence-electron chi connectivity index (χ3n) is 6.00. The zero-order valence-corrected chi connectivity index (χ0v) is 14.0. The first kappa shape index (κ1) is 15.6. The number of benzene rings is 1. The molecule has 0 aliphatic carbocycles. The molecule has 3 aliphatic heterocycles. The van der Waals surface area contributed by atoms with Gasteiger partial charge in [-0.2, -0.15) is 0 Å². The standard InChI is InChI=1S/C19H25N3O2/c23-17-11-19(13-21-17)6-9-22(10-7-19)18(24)15-3-1-14(2-4-15)16-5-8-20-12-16/h1-4,16,20H,5-13H2,(H,21,23)/t16-/m1/s1. The van der Waals surface area contributed by atoms with E-state index >= 15 is 0 Å². The van der Waals surface area contributed by atoms with E-state index in [9.17, 15) is 9.59 Å². The molecule has 5 heteroatoms. The van der Waals surface area contributed by atoms with Crippen molar-refractivity contribution in [3.63, 3.8) is 0 Å². The summed E-state index contributed by atoms with van der Waals surface area (Å²) < 4.78 is 0. The Morgan fingerprint density at radius 1 is 1.17 bits per heavy atom. The molecule has 1 aromatic carbocycles. The summed E-state index contributed by atoms with van der Waals surface area (Å²) in [4.78, 5) is 26.2. The maximum absolute atomic E-state index is 12.7. The monoisotopic (exact) mass is 327 g/mol. The Balaban J connectivity index is 1.38. The second kappa shape index (κ2) is 6.20. The summed E-state index contributed by atoms with van der Waals surface area (Å²) in [6, 6.07) is 8.16. The lowest BCUT2D eigenvalue weighted by Gasteiger charge is -2.38. The Morgan fingerprint density at radius 2 is 1.92 bits per heavy atom. The first-order valence-corrected chi connectivity index (χ1v) is 9.02. The van der Waals surface area contributed by atoms with Crippen LogP contribution in [-0.4, -0.2) is 49.4 Å². The van der Waals surface area contributed by atoms with E-state index in [-0.39, 0.29) is 17.2 Å². The van der Waals surface area contributed by atoms with Crippen LogP contribution in [0.15, 0.2) is 24.3 Å². The molecule has 3 fully saturated rings. The maximum Gasteiger partial charge on any atom is 0.253 e. The van der Waals surface area contributed by atoms with Gasteiger partial charge in [0.05, 0.1) is 0 Å². The van der Waals surface area contributed by atoms with Crippen LogP contribution in [0.1, 0.15) is 47.5 Å². The zero-order valence-electron chi connectivity index (χ0n) is 14.0. The third kappa shape index (κ3) is 2.93. The van der Waals surface area contributed by atoms with Gasteiger partial charge in [0.1, 0.15) is 0 Å². The SMILES string of the molecule is O=C1CC2(CCN(C(=O)c3ccc([C@@H]4CCNC4)cc3)CC2)CN1. The molecule has 128 valence electrons. The van der Waals surface area contributed by atoms with E-state index < -0.39 is 0 Å². The van der Waals surface area contributed by atoms with Gasteiger partial charge in [0.25, 0.3) is 5.91 Å². The average molecular weight is 327 g/mol. The lowest BCUT2D eigenvalue weighted by Crippen LogP contribution is -2.44. The van der Waals surface area contributed by atoms with Crippen LogP contribution in [0.3, 0.4) is 0 Å². The smallest absolute Gasteiger partial charge is 0.253 e. The Bertz CT molecular complexity index is 627. The summed E-state index contributed by atoms with van der Waals surface area (Å²) >= 11 is 0. The minimum Gasteiger partial charge on any atom is -0.356 e. The van der Waals surface area contributed by atoms with Gasteiger partial charge in [-0.15, -0.1) is 0 Å². The highest BCUT2D eigenvalue weighted by Gasteiger charge is 2.41. The van der Waals surface area contributed by atoms with Crippen LogP contribution in [0.4, 0.5) is 0 Å². The van der Waals surface area contributed by atoms with E-state index in [0.717, 1.165) is 51.1 Å². The normalized spacial score (nSPS) is 25.9. The molecular weight excluding hydrogens is 302 g/mol. The van der Waals surface area contributed by atoms with E-state index in [1.807, 2.05) is 17.0 Å². The van der Waals surface area contributed by atoms with E-state index in [2.05, 4.69) is 22.8 Å². The quantitative estimate of drug-likeness (QED) is 0.865. The number of nitrogens with one attached hydrogen (secondary N) is 2. The van der Waals surface area contributed by atoms with Gasteiger partial charge in [-0.1, -0.05) is 12.1 Å². The molecule has 3 saturated heterocycles. The molecule has 1 atom stereocenters. The number of carbonyl (C=O) groups is 2. The van der Waals surface area contributed by atoms with Gasteiger partial charge < -0.3 is 15.5 Å². The zero-order chi connectivity index (χ0) is 16.6. The number of carbonyl (C=O) groups excluding carboxylic acids is 2. The summed E-state index contributed by atoms with van der Waals surface area (Å²) in [7, 11) is 0. The van der Waals surface area contributed by atoms with Crippen LogP contribution in [0.25, 0.3) is 0 Å². The van der Waals surface area contributed by atoms with Gasteiger partial charge in [-0.25, -0.2) is 0 Å². The highest BCUT2D eigenvalue weighted by Crippen LogP contribution is 2.37. The summed E-state index contributed by atoms with van der Waals surface area (Å²) in [6.07, 6.45) is 3.64. The van der Waals surface area contributed by atoms with Crippen LogP contribution >= 0.6 is 0 Å². The molecule has 1 aromatic rings. The first-order chi connectivity index (χ1) is 11.7. The van der Waals surface area contributed by atoms with Gasteiger partial charge in [0.2, 0.25) is 5.91 Å². The van der Waals surface area contributed by atoms with Gasteiger partial charge in [-0.3, -0.25) is 9.59 Å². The lowest BCUT2D eigenvalue weighted by atomic mass is 9.77. The predicted molar refractivity (Wildman–Crippen MR) is 91.9 cm³/mol. The van der Waals surface area contributed by atoms with E-state index in [1.54, 1.807) is 0 Å². The Hall–Kier alpha value is -1.88. The molecule has 5 nitrogen and oxygen atoms in total. The molecule has 3 aliphatic rings. The fourth-order valence-electron chi connectivity index (χ4n) is 4.31. The maximum atomic E-state index is 12.7. The second-order valence-corrected chi connectivity index (χ2v) is 7.56. The molecule has 0 unspecified atom stereocenters. The van der Waals surface area contributed by atoms with Crippen molar-refractivity contribution in [2.45, 2.75) is 31.6 Å². The van der Waals surface area contributed by atoms with Crippen LogP contribution in [-0.2, 0) is 4.79 Å². The fourth-order valence-corrected chi connectivity index (χ4v) is 4.31. The number of hydrogen-bond donors (Lipinski definition) is 2. The molecule has 0 bridgehead atoms. The van der Waals surface area contributed by atoms with E-state index in [1.165, 1.54) is 12.0 Å². The van der Waals surface area contributed by atoms with Crippen LogP contribution < -0.4 is 10.6 Å². The minimum atomic E-state index is 0.0905. The van der Waals surface area contributed by atoms with Crippen molar-refractivity contribution in [2.24, 2.45) is 5.41 Å². The molecule has 0 radical (unpaired) electrons.